The normalized spacial score (nSPS) is 14.0. The van der Waals surface area contributed by atoms with Crippen LogP contribution in [0.3, 0.4) is 0 Å². The molecule has 1 aliphatic heterocycles. The van der Waals surface area contributed by atoms with Crippen molar-refractivity contribution in [3.05, 3.63) is 36.9 Å². The fraction of sp³-hybridized carbons (Fsp3) is 0.167. The van der Waals surface area contributed by atoms with Gasteiger partial charge in [-0.2, -0.15) is 0 Å². The zero-order valence-corrected chi connectivity index (χ0v) is 8.77. The van der Waals surface area contributed by atoms with Crippen LogP contribution in [0.2, 0.25) is 0 Å². The molecule has 0 saturated carbocycles. The van der Waals surface area contributed by atoms with E-state index in [4.69, 9.17) is 0 Å². The Morgan fingerprint density at radius 3 is 3.00 bits per heavy atom. The Bertz CT molecular complexity index is 454. The van der Waals surface area contributed by atoms with Crippen molar-refractivity contribution in [1.82, 2.24) is 0 Å². The van der Waals surface area contributed by atoms with Gasteiger partial charge in [-0.25, -0.2) is 0 Å². The number of fused-ring (bicyclic) bond motifs is 1. The van der Waals surface area contributed by atoms with Crippen molar-refractivity contribution in [2.45, 2.75) is 6.42 Å². The second-order valence-electron chi connectivity index (χ2n) is 3.54. The highest BCUT2D eigenvalue weighted by Gasteiger charge is 2.25. The first-order chi connectivity index (χ1) is 7.72. The predicted molar refractivity (Wildman–Crippen MR) is 62.2 cm³/mol. The van der Waals surface area contributed by atoms with Crippen LogP contribution < -0.4 is 10.2 Å². The van der Waals surface area contributed by atoms with Crippen molar-refractivity contribution in [1.29, 1.82) is 0 Å². The van der Waals surface area contributed by atoms with Crippen LogP contribution in [0, 0.1) is 0 Å². The summed E-state index contributed by atoms with van der Waals surface area (Å²) >= 11 is 0. The molecule has 0 unspecified atom stereocenters. The molecule has 0 radical (unpaired) electrons. The van der Waals surface area contributed by atoms with E-state index in [2.05, 4.69) is 11.9 Å². The van der Waals surface area contributed by atoms with E-state index in [-0.39, 0.29) is 24.8 Å². The maximum absolute atomic E-state index is 11.8. The van der Waals surface area contributed by atoms with Crippen LogP contribution in [0.4, 0.5) is 11.4 Å². The quantitative estimate of drug-likeness (QED) is 0.762. The zero-order valence-electron chi connectivity index (χ0n) is 8.77. The number of carbonyl (C=O) groups is 2. The van der Waals surface area contributed by atoms with Crippen LogP contribution >= 0.6 is 0 Å². The minimum absolute atomic E-state index is 0.0731. The molecule has 4 nitrogen and oxygen atoms in total. The van der Waals surface area contributed by atoms with E-state index in [0.717, 1.165) is 5.69 Å². The minimum Gasteiger partial charge on any atom is -0.323 e. The van der Waals surface area contributed by atoms with E-state index >= 15 is 0 Å². The maximum Gasteiger partial charge on any atom is 0.244 e. The molecule has 1 N–H and O–H groups in total. The summed E-state index contributed by atoms with van der Waals surface area (Å²) in [5.74, 6) is -0.284. The summed E-state index contributed by atoms with van der Waals surface area (Å²) in [5.41, 5.74) is 1.42. The third-order valence-electron chi connectivity index (χ3n) is 2.39. The minimum atomic E-state index is -0.170. The van der Waals surface area contributed by atoms with E-state index < -0.39 is 0 Å². The molecule has 16 heavy (non-hydrogen) atoms. The van der Waals surface area contributed by atoms with Gasteiger partial charge in [-0.3, -0.25) is 9.59 Å². The molecule has 1 heterocycles. The SMILES string of the molecule is C=CCC(=O)N1CC(=O)Nc2ccccc21. The number of carbonyl (C=O) groups excluding carboxylic acids is 2. The molecule has 0 saturated heterocycles. The van der Waals surface area contributed by atoms with Gasteiger partial charge in [0, 0.05) is 6.42 Å². The van der Waals surface area contributed by atoms with E-state index in [1.165, 1.54) is 11.0 Å². The standard InChI is InChI=1S/C12H12N2O2/c1-2-5-12(16)14-8-11(15)13-9-6-3-4-7-10(9)14/h2-4,6-7H,1,5,8H2,(H,13,15). The highest BCUT2D eigenvalue weighted by molar-refractivity contribution is 6.10. The average molecular weight is 216 g/mol. The fourth-order valence-electron chi connectivity index (χ4n) is 1.69. The molecule has 0 bridgehead atoms. The molecule has 0 spiro atoms. The van der Waals surface area contributed by atoms with Crippen molar-refractivity contribution in [2.24, 2.45) is 0 Å². The Labute approximate surface area is 93.6 Å². The highest BCUT2D eigenvalue weighted by atomic mass is 16.2. The lowest BCUT2D eigenvalue weighted by Crippen LogP contribution is -2.41. The van der Waals surface area contributed by atoms with Gasteiger partial charge in [0.2, 0.25) is 11.8 Å². The topological polar surface area (TPSA) is 49.4 Å². The van der Waals surface area contributed by atoms with Gasteiger partial charge in [-0.15, -0.1) is 6.58 Å². The van der Waals surface area contributed by atoms with Crippen molar-refractivity contribution >= 4 is 23.2 Å². The number of hydrogen-bond acceptors (Lipinski definition) is 2. The number of benzene rings is 1. The molecule has 1 aliphatic rings. The second-order valence-corrected chi connectivity index (χ2v) is 3.54. The number of nitrogens with one attached hydrogen (secondary N) is 1. The summed E-state index contributed by atoms with van der Waals surface area (Å²) < 4.78 is 0. The molecule has 0 atom stereocenters. The molecule has 0 fully saturated rings. The molecule has 0 aromatic heterocycles. The lowest BCUT2D eigenvalue weighted by Gasteiger charge is -2.28. The summed E-state index contributed by atoms with van der Waals surface area (Å²) in [7, 11) is 0. The highest BCUT2D eigenvalue weighted by Crippen LogP contribution is 2.29. The van der Waals surface area contributed by atoms with Crippen LogP contribution in [0.15, 0.2) is 36.9 Å². The molecule has 2 amide bonds. The third kappa shape index (κ3) is 1.82. The number of hydrogen-bond donors (Lipinski definition) is 1. The molecular weight excluding hydrogens is 204 g/mol. The monoisotopic (exact) mass is 216 g/mol. The summed E-state index contributed by atoms with van der Waals surface area (Å²) in [6, 6.07) is 7.25. The molecule has 0 aliphatic carbocycles. The van der Waals surface area contributed by atoms with Gasteiger partial charge < -0.3 is 10.2 Å². The Balaban J connectivity index is 2.37. The van der Waals surface area contributed by atoms with Gasteiger partial charge >= 0.3 is 0 Å². The maximum atomic E-state index is 11.8. The lowest BCUT2D eigenvalue weighted by atomic mass is 10.2. The van der Waals surface area contributed by atoms with Crippen LogP contribution in [-0.2, 0) is 9.59 Å². The van der Waals surface area contributed by atoms with Crippen molar-refractivity contribution < 1.29 is 9.59 Å². The smallest absolute Gasteiger partial charge is 0.244 e. The number of amides is 2. The van der Waals surface area contributed by atoms with Crippen molar-refractivity contribution in [3.8, 4) is 0 Å². The van der Waals surface area contributed by atoms with Gasteiger partial charge in [-0.1, -0.05) is 18.2 Å². The zero-order chi connectivity index (χ0) is 11.5. The number of nitrogens with zero attached hydrogens (tertiary/aromatic N) is 1. The Morgan fingerprint density at radius 1 is 1.50 bits per heavy atom. The van der Waals surface area contributed by atoms with E-state index in [9.17, 15) is 9.59 Å². The molecule has 1 aromatic carbocycles. The lowest BCUT2D eigenvalue weighted by molar-refractivity contribution is -0.121. The van der Waals surface area contributed by atoms with E-state index in [1.54, 1.807) is 6.07 Å². The molecule has 1 aromatic rings. The van der Waals surface area contributed by atoms with E-state index in [0.29, 0.717) is 5.69 Å². The predicted octanol–water partition coefficient (Wildman–Crippen LogP) is 1.55. The van der Waals surface area contributed by atoms with Gasteiger partial charge in [0.1, 0.15) is 6.54 Å². The number of anilines is 2. The van der Waals surface area contributed by atoms with Gasteiger partial charge in [0.25, 0.3) is 0 Å². The first kappa shape index (κ1) is 10.4. The summed E-state index contributed by atoms with van der Waals surface area (Å²) in [4.78, 5) is 24.7. The third-order valence-corrected chi connectivity index (χ3v) is 2.39. The Hall–Kier alpha value is -2.10. The number of rotatable bonds is 2. The fourth-order valence-corrected chi connectivity index (χ4v) is 1.69. The second kappa shape index (κ2) is 4.18. The molecule has 2 rings (SSSR count). The molecule has 4 heteroatoms. The first-order valence-corrected chi connectivity index (χ1v) is 5.02. The van der Waals surface area contributed by atoms with Crippen LogP contribution in [0.1, 0.15) is 6.42 Å². The van der Waals surface area contributed by atoms with Gasteiger partial charge in [0.15, 0.2) is 0 Å². The molecule has 82 valence electrons. The molecular formula is C12H12N2O2. The van der Waals surface area contributed by atoms with Gasteiger partial charge in [0.05, 0.1) is 11.4 Å². The largest absolute Gasteiger partial charge is 0.323 e. The first-order valence-electron chi connectivity index (χ1n) is 5.02. The Morgan fingerprint density at radius 2 is 2.25 bits per heavy atom. The van der Waals surface area contributed by atoms with Crippen LogP contribution in [-0.4, -0.2) is 18.4 Å². The van der Waals surface area contributed by atoms with Crippen LogP contribution in [0.25, 0.3) is 0 Å². The summed E-state index contributed by atoms with van der Waals surface area (Å²) in [5, 5.41) is 2.73. The summed E-state index contributed by atoms with van der Waals surface area (Å²) in [6.45, 7) is 3.60. The number of para-hydroxylation sites is 2. The van der Waals surface area contributed by atoms with Crippen molar-refractivity contribution in [2.75, 3.05) is 16.8 Å². The van der Waals surface area contributed by atoms with Crippen molar-refractivity contribution in [3.63, 3.8) is 0 Å². The van der Waals surface area contributed by atoms with Gasteiger partial charge in [-0.05, 0) is 12.1 Å². The Kier molecular flexibility index (Phi) is 2.72. The summed E-state index contributed by atoms with van der Waals surface area (Å²) in [6.07, 6.45) is 1.78. The average Bonchev–Trinajstić information content (AvgIpc) is 2.28. The van der Waals surface area contributed by atoms with E-state index in [1.807, 2.05) is 18.2 Å². The van der Waals surface area contributed by atoms with Crippen LogP contribution in [0.5, 0.6) is 0 Å².